The van der Waals surface area contributed by atoms with Gasteiger partial charge in [-0.2, -0.15) is 0 Å². The number of benzene rings is 1. The third kappa shape index (κ3) is 3.56. The maximum Gasteiger partial charge on any atom is 0.228 e. The predicted octanol–water partition coefficient (Wildman–Crippen LogP) is 2.99. The molecule has 2 fully saturated rings. The SMILES string of the molecule is O=C(Nc1cccc(O)c1)[C@H]1CCN(C2CCCCC2)C1. The first-order valence-electron chi connectivity index (χ1n) is 8.06. The summed E-state index contributed by atoms with van der Waals surface area (Å²) in [6.07, 6.45) is 7.57. The fourth-order valence-corrected chi connectivity index (χ4v) is 3.61. The molecule has 1 saturated carbocycles. The molecule has 4 nitrogen and oxygen atoms in total. The lowest BCUT2D eigenvalue weighted by Gasteiger charge is -2.30. The van der Waals surface area contributed by atoms with Crippen LogP contribution in [0.15, 0.2) is 24.3 Å². The lowest BCUT2D eigenvalue weighted by atomic mass is 9.94. The minimum Gasteiger partial charge on any atom is -0.508 e. The zero-order chi connectivity index (χ0) is 14.7. The molecular weight excluding hydrogens is 264 g/mol. The van der Waals surface area contributed by atoms with E-state index in [-0.39, 0.29) is 17.6 Å². The third-order valence-corrected chi connectivity index (χ3v) is 4.80. The first kappa shape index (κ1) is 14.4. The number of phenolic OH excluding ortho intramolecular Hbond substituents is 1. The van der Waals surface area contributed by atoms with Crippen molar-refractivity contribution < 1.29 is 9.90 Å². The second kappa shape index (κ2) is 6.48. The molecular formula is C17H24N2O2. The summed E-state index contributed by atoms with van der Waals surface area (Å²) in [5.74, 6) is 0.344. The monoisotopic (exact) mass is 288 g/mol. The van der Waals surface area contributed by atoms with Gasteiger partial charge in [0.1, 0.15) is 5.75 Å². The molecule has 1 heterocycles. The quantitative estimate of drug-likeness (QED) is 0.899. The first-order valence-corrected chi connectivity index (χ1v) is 8.06. The Bertz CT molecular complexity index is 497. The molecule has 0 spiro atoms. The number of phenols is 1. The summed E-state index contributed by atoms with van der Waals surface area (Å²) in [6.45, 7) is 1.93. The molecule has 0 unspecified atom stereocenters. The van der Waals surface area contributed by atoms with Gasteiger partial charge in [-0.15, -0.1) is 0 Å². The second-order valence-corrected chi connectivity index (χ2v) is 6.31. The molecule has 1 aliphatic heterocycles. The summed E-state index contributed by atoms with van der Waals surface area (Å²) < 4.78 is 0. The average Bonchev–Trinajstić information content (AvgIpc) is 2.98. The van der Waals surface area contributed by atoms with Crippen molar-refractivity contribution in [1.82, 2.24) is 4.90 Å². The van der Waals surface area contributed by atoms with Crippen LogP contribution in [0.1, 0.15) is 38.5 Å². The highest BCUT2D eigenvalue weighted by Crippen LogP contribution is 2.28. The number of anilines is 1. The number of hydrogen-bond acceptors (Lipinski definition) is 3. The molecule has 1 aromatic carbocycles. The molecule has 1 amide bonds. The van der Waals surface area contributed by atoms with E-state index in [1.807, 2.05) is 6.07 Å². The fourth-order valence-electron chi connectivity index (χ4n) is 3.61. The molecule has 2 aliphatic rings. The zero-order valence-corrected chi connectivity index (χ0v) is 12.4. The lowest BCUT2D eigenvalue weighted by molar-refractivity contribution is -0.119. The molecule has 0 radical (unpaired) electrons. The van der Waals surface area contributed by atoms with Crippen LogP contribution in [0.2, 0.25) is 0 Å². The number of rotatable bonds is 3. The van der Waals surface area contributed by atoms with Gasteiger partial charge in [0.25, 0.3) is 0 Å². The van der Waals surface area contributed by atoms with Crippen LogP contribution in [0.25, 0.3) is 0 Å². The van der Waals surface area contributed by atoms with Gasteiger partial charge in [0.15, 0.2) is 0 Å². The van der Waals surface area contributed by atoms with Crippen LogP contribution < -0.4 is 5.32 Å². The van der Waals surface area contributed by atoms with Gasteiger partial charge < -0.3 is 10.4 Å². The molecule has 0 aromatic heterocycles. The number of likely N-dealkylation sites (tertiary alicyclic amines) is 1. The molecule has 21 heavy (non-hydrogen) atoms. The van der Waals surface area contributed by atoms with Crippen LogP contribution in [0.3, 0.4) is 0 Å². The summed E-state index contributed by atoms with van der Waals surface area (Å²) in [5, 5.41) is 12.4. The van der Waals surface area contributed by atoms with Crippen molar-refractivity contribution in [2.75, 3.05) is 18.4 Å². The van der Waals surface area contributed by atoms with Crippen molar-refractivity contribution in [1.29, 1.82) is 0 Å². The van der Waals surface area contributed by atoms with E-state index in [4.69, 9.17) is 0 Å². The Morgan fingerprint density at radius 2 is 2.00 bits per heavy atom. The van der Waals surface area contributed by atoms with Gasteiger partial charge in [-0.1, -0.05) is 25.3 Å². The van der Waals surface area contributed by atoms with Gasteiger partial charge in [0.05, 0.1) is 5.92 Å². The summed E-state index contributed by atoms with van der Waals surface area (Å²) in [6, 6.07) is 7.44. The Labute approximate surface area is 126 Å². The maximum absolute atomic E-state index is 12.3. The smallest absolute Gasteiger partial charge is 0.228 e. The second-order valence-electron chi connectivity index (χ2n) is 6.31. The predicted molar refractivity (Wildman–Crippen MR) is 83.3 cm³/mol. The molecule has 1 aromatic rings. The molecule has 0 bridgehead atoms. The minimum absolute atomic E-state index is 0.0780. The zero-order valence-electron chi connectivity index (χ0n) is 12.4. The van der Waals surface area contributed by atoms with Crippen LogP contribution >= 0.6 is 0 Å². The highest BCUT2D eigenvalue weighted by Gasteiger charge is 2.32. The van der Waals surface area contributed by atoms with Gasteiger partial charge in [-0.05, 0) is 37.9 Å². The number of carbonyl (C=O) groups excluding carboxylic acids is 1. The summed E-state index contributed by atoms with van der Waals surface area (Å²) in [4.78, 5) is 14.8. The number of nitrogens with one attached hydrogen (secondary N) is 1. The number of hydrogen-bond donors (Lipinski definition) is 2. The molecule has 114 valence electrons. The highest BCUT2D eigenvalue weighted by molar-refractivity contribution is 5.93. The molecule has 1 saturated heterocycles. The van der Waals surface area contributed by atoms with Crippen LogP contribution in [0.5, 0.6) is 5.75 Å². The van der Waals surface area contributed by atoms with Crippen molar-refractivity contribution in [3.05, 3.63) is 24.3 Å². The molecule has 3 rings (SSSR count). The summed E-state index contributed by atoms with van der Waals surface area (Å²) in [5.41, 5.74) is 0.677. The van der Waals surface area contributed by atoms with E-state index in [2.05, 4.69) is 10.2 Å². The number of nitrogens with zero attached hydrogens (tertiary/aromatic N) is 1. The summed E-state index contributed by atoms with van der Waals surface area (Å²) in [7, 11) is 0. The van der Waals surface area contributed by atoms with Crippen molar-refractivity contribution in [3.63, 3.8) is 0 Å². The summed E-state index contributed by atoms with van der Waals surface area (Å²) >= 11 is 0. The first-order chi connectivity index (χ1) is 10.2. The minimum atomic E-state index is 0.0780. The topological polar surface area (TPSA) is 52.6 Å². The van der Waals surface area contributed by atoms with E-state index in [1.165, 1.54) is 32.1 Å². The largest absolute Gasteiger partial charge is 0.508 e. The lowest BCUT2D eigenvalue weighted by Crippen LogP contribution is -2.36. The molecule has 4 heteroatoms. The number of carbonyl (C=O) groups is 1. The van der Waals surface area contributed by atoms with E-state index in [9.17, 15) is 9.90 Å². The van der Waals surface area contributed by atoms with E-state index in [0.717, 1.165) is 19.5 Å². The Kier molecular flexibility index (Phi) is 4.44. The van der Waals surface area contributed by atoms with Crippen molar-refractivity contribution in [2.45, 2.75) is 44.6 Å². The van der Waals surface area contributed by atoms with Crippen molar-refractivity contribution in [2.24, 2.45) is 5.92 Å². The average molecular weight is 288 g/mol. The Morgan fingerprint density at radius 1 is 1.19 bits per heavy atom. The molecule has 1 atom stereocenters. The van der Waals surface area contributed by atoms with E-state index >= 15 is 0 Å². The third-order valence-electron chi connectivity index (χ3n) is 4.80. The van der Waals surface area contributed by atoms with Crippen molar-refractivity contribution in [3.8, 4) is 5.75 Å². The highest BCUT2D eigenvalue weighted by atomic mass is 16.3. The Hall–Kier alpha value is -1.55. The van der Waals surface area contributed by atoms with Crippen molar-refractivity contribution >= 4 is 11.6 Å². The van der Waals surface area contributed by atoms with Crippen LogP contribution in [-0.2, 0) is 4.79 Å². The fraction of sp³-hybridized carbons (Fsp3) is 0.588. The van der Waals surface area contributed by atoms with Crippen LogP contribution in [-0.4, -0.2) is 35.0 Å². The number of amides is 1. The standard InChI is InChI=1S/C17H24N2O2/c20-16-8-4-5-14(11-16)18-17(21)13-9-10-19(12-13)15-6-2-1-3-7-15/h4-5,8,11,13,15,20H,1-3,6-7,9-10,12H2,(H,18,21)/t13-/m0/s1. The normalized spacial score (nSPS) is 24.1. The van der Waals surface area contributed by atoms with Gasteiger partial charge >= 0.3 is 0 Å². The van der Waals surface area contributed by atoms with Crippen LogP contribution in [0.4, 0.5) is 5.69 Å². The van der Waals surface area contributed by atoms with E-state index in [0.29, 0.717) is 11.7 Å². The Morgan fingerprint density at radius 3 is 2.76 bits per heavy atom. The van der Waals surface area contributed by atoms with E-state index < -0.39 is 0 Å². The van der Waals surface area contributed by atoms with Crippen LogP contribution in [0, 0.1) is 5.92 Å². The Balaban J connectivity index is 1.54. The number of aromatic hydroxyl groups is 1. The molecule has 1 aliphatic carbocycles. The maximum atomic E-state index is 12.3. The van der Waals surface area contributed by atoms with E-state index in [1.54, 1.807) is 18.2 Å². The van der Waals surface area contributed by atoms with Gasteiger partial charge in [0.2, 0.25) is 5.91 Å². The van der Waals surface area contributed by atoms with Gasteiger partial charge in [-0.3, -0.25) is 9.69 Å². The van der Waals surface area contributed by atoms with Gasteiger partial charge in [-0.25, -0.2) is 0 Å². The molecule has 2 N–H and O–H groups in total. The van der Waals surface area contributed by atoms with Gasteiger partial charge in [0, 0.05) is 24.3 Å².